The molecule has 25 heavy (non-hydrogen) atoms. The van der Waals surface area contributed by atoms with E-state index in [1.165, 1.54) is 34.0 Å². The Labute approximate surface area is 169 Å². The molecule has 3 nitrogen and oxygen atoms in total. The van der Waals surface area contributed by atoms with Gasteiger partial charge in [-0.2, -0.15) is 0 Å². The number of nitrogens with one attached hydrogen (secondary N) is 1. The molecular formula is C16H7Cl3N2OS3. The van der Waals surface area contributed by atoms with Gasteiger partial charge in [0.15, 0.2) is 5.13 Å². The van der Waals surface area contributed by atoms with E-state index in [1.54, 1.807) is 6.07 Å². The van der Waals surface area contributed by atoms with Gasteiger partial charge in [0.25, 0.3) is 5.91 Å². The van der Waals surface area contributed by atoms with Crippen LogP contribution in [-0.2, 0) is 0 Å². The van der Waals surface area contributed by atoms with E-state index in [0.717, 1.165) is 15.6 Å². The number of carbonyl (C=O) groups excluding carboxylic acids is 1. The summed E-state index contributed by atoms with van der Waals surface area (Å²) in [6, 6.07) is 9.41. The molecule has 0 unspecified atom stereocenters. The lowest BCUT2D eigenvalue weighted by Gasteiger charge is -1.99. The van der Waals surface area contributed by atoms with Crippen molar-refractivity contribution < 1.29 is 4.79 Å². The maximum atomic E-state index is 12.6. The summed E-state index contributed by atoms with van der Waals surface area (Å²) in [4.78, 5) is 17.4. The summed E-state index contributed by atoms with van der Waals surface area (Å²) in [5.41, 5.74) is 1.43. The van der Waals surface area contributed by atoms with Gasteiger partial charge in [0.1, 0.15) is 9.21 Å². The van der Waals surface area contributed by atoms with Crippen LogP contribution in [0.3, 0.4) is 0 Å². The van der Waals surface area contributed by atoms with Crippen LogP contribution in [-0.4, -0.2) is 10.9 Å². The molecule has 126 valence electrons. The summed E-state index contributed by atoms with van der Waals surface area (Å²) in [5.74, 6) is -0.276. The molecule has 1 aromatic carbocycles. The van der Waals surface area contributed by atoms with Crippen LogP contribution in [0.5, 0.6) is 0 Å². The number of hydrogen-bond donors (Lipinski definition) is 1. The van der Waals surface area contributed by atoms with E-state index in [0.29, 0.717) is 29.4 Å². The molecule has 0 spiro atoms. The first-order valence-corrected chi connectivity index (χ1v) is 10.6. The predicted octanol–water partition coefficient (Wildman–Crippen LogP) is 7.30. The largest absolute Gasteiger partial charge is 0.297 e. The number of thiazole rings is 1. The standard InChI is InChI=1S/C16H7Cl3N2OS3/c17-11-5-8(14(19)25-11)9-6-23-16(20-9)21-15(22)13-12(18)7-3-1-2-4-10(7)24-13/h1-6H,(H,20,21,22). The average molecular weight is 446 g/mol. The molecule has 3 heterocycles. The van der Waals surface area contributed by atoms with Gasteiger partial charge in [-0.3, -0.25) is 10.1 Å². The number of aromatic nitrogens is 1. The van der Waals surface area contributed by atoms with Crippen molar-refractivity contribution in [2.75, 3.05) is 5.32 Å². The number of rotatable bonds is 3. The first kappa shape index (κ1) is 17.3. The molecule has 0 bridgehead atoms. The molecule has 9 heteroatoms. The lowest BCUT2D eigenvalue weighted by molar-refractivity contribution is 0.103. The molecule has 4 rings (SSSR count). The summed E-state index contributed by atoms with van der Waals surface area (Å²) < 4.78 is 2.13. The lowest BCUT2D eigenvalue weighted by atomic mass is 10.2. The number of carbonyl (C=O) groups is 1. The molecule has 0 saturated heterocycles. The Morgan fingerprint density at radius 2 is 1.92 bits per heavy atom. The minimum Gasteiger partial charge on any atom is -0.297 e. The minimum absolute atomic E-state index is 0.276. The van der Waals surface area contributed by atoms with Crippen LogP contribution in [0, 0.1) is 0 Å². The Morgan fingerprint density at radius 3 is 2.64 bits per heavy atom. The monoisotopic (exact) mass is 444 g/mol. The Hall–Kier alpha value is -1.15. The highest BCUT2D eigenvalue weighted by atomic mass is 35.5. The van der Waals surface area contributed by atoms with Crippen molar-refractivity contribution in [1.82, 2.24) is 4.98 Å². The number of fused-ring (bicyclic) bond motifs is 1. The van der Waals surface area contributed by atoms with E-state index in [2.05, 4.69) is 10.3 Å². The molecule has 0 saturated carbocycles. The van der Waals surface area contributed by atoms with E-state index >= 15 is 0 Å². The van der Waals surface area contributed by atoms with Crippen molar-refractivity contribution in [3.05, 3.63) is 54.3 Å². The topological polar surface area (TPSA) is 42.0 Å². The highest BCUT2D eigenvalue weighted by Crippen LogP contribution is 2.39. The van der Waals surface area contributed by atoms with Gasteiger partial charge in [0, 0.05) is 21.0 Å². The van der Waals surface area contributed by atoms with E-state index in [9.17, 15) is 4.79 Å². The molecule has 1 N–H and O–H groups in total. The minimum atomic E-state index is -0.276. The fourth-order valence-corrected chi connectivity index (χ4v) is 5.88. The van der Waals surface area contributed by atoms with E-state index in [-0.39, 0.29) is 5.91 Å². The molecule has 3 aromatic heterocycles. The van der Waals surface area contributed by atoms with Crippen LogP contribution < -0.4 is 5.32 Å². The number of benzene rings is 1. The van der Waals surface area contributed by atoms with Gasteiger partial charge in [0.2, 0.25) is 0 Å². The zero-order valence-corrected chi connectivity index (χ0v) is 16.9. The van der Waals surface area contributed by atoms with E-state index < -0.39 is 0 Å². The molecule has 0 aliphatic rings. The second-order valence-electron chi connectivity index (χ2n) is 4.97. The van der Waals surface area contributed by atoms with Crippen molar-refractivity contribution in [2.45, 2.75) is 0 Å². The van der Waals surface area contributed by atoms with Crippen LogP contribution in [0.25, 0.3) is 21.3 Å². The number of halogens is 3. The van der Waals surface area contributed by atoms with Crippen LogP contribution >= 0.6 is 68.8 Å². The third-order valence-electron chi connectivity index (χ3n) is 3.40. The zero-order chi connectivity index (χ0) is 17.6. The summed E-state index contributed by atoms with van der Waals surface area (Å²) >= 11 is 22.4. The average Bonchev–Trinajstić information content (AvgIpc) is 3.26. The van der Waals surface area contributed by atoms with Crippen molar-refractivity contribution in [3.8, 4) is 11.3 Å². The first-order valence-electron chi connectivity index (χ1n) is 6.92. The molecule has 4 aromatic rings. The summed E-state index contributed by atoms with van der Waals surface area (Å²) in [7, 11) is 0. The molecule has 0 atom stereocenters. The Morgan fingerprint density at radius 1 is 1.12 bits per heavy atom. The molecular weight excluding hydrogens is 439 g/mol. The second kappa shape index (κ2) is 6.87. The summed E-state index contributed by atoms with van der Waals surface area (Å²) in [6.45, 7) is 0. The molecule has 1 amide bonds. The van der Waals surface area contributed by atoms with Gasteiger partial charge in [-0.05, 0) is 12.1 Å². The number of nitrogens with zero attached hydrogens (tertiary/aromatic N) is 1. The third kappa shape index (κ3) is 3.30. The fourth-order valence-electron chi connectivity index (χ4n) is 2.28. The Balaban J connectivity index is 1.61. The maximum Gasteiger partial charge on any atom is 0.269 e. The zero-order valence-electron chi connectivity index (χ0n) is 12.2. The van der Waals surface area contributed by atoms with Gasteiger partial charge in [-0.25, -0.2) is 4.98 Å². The fraction of sp³-hybridized carbons (Fsp3) is 0. The highest BCUT2D eigenvalue weighted by Gasteiger charge is 2.19. The van der Waals surface area contributed by atoms with Crippen molar-refractivity contribution >= 4 is 89.9 Å². The Kier molecular flexibility index (Phi) is 4.75. The SMILES string of the molecule is O=C(Nc1nc(-c2cc(Cl)sc2Cl)cs1)c1sc2ccccc2c1Cl. The summed E-state index contributed by atoms with van der Waals surface area (Å²) in [5, 5.41) is 6.44. The van der Waals surface area contributed by atoms with Crippen molar-refractivity contribution in [2.24, 2.45) is 0 Å². The van der Waals surface area contributed by atoms with Gasteiger partial charge in [0.05, 0.1) is 15.1 Å². The number of amides is 1. The summed E-state index contributed by atoms with van der Waals surface area (Å²) in [6.07, 6.45) is 0. The quantitative estimate of drug-likeness (QED) is 0.359. The predicted molar refractivity (Wildman–Crippen MR) is 110 cm³/mol. The van der Waals surface area contributed by atoms with Crippen LogP contribution in [0.15, 0.2) is 35.7 Å². The van der Waals surface area contributed by atoms with Crippen LogP contribution in [0.2, 0.25) is 13.7 Å². The first-order chi connectivity index (χ1) is 12.0. The highest BCUT2D eigenvalue weighted by molar-refractivity contribution is 7.22. The number of thiophene rings is 2. The molecule has 0 radical (unpaired) electrons. The van der Waals surface area contributed by atoms with Crippen molar-refractivity contribution in [1.29, 1.82) is 0 Å². The van der Waals surface area contributed by atoms with Gasteiger partial charge in [-0.15, -0.1) is 34.0 Å². The lowest BCUT2D eigenvalue weighted by Crippen LogP contribution is -2.10. The second-order valence-corrected chi connectivity index (χ2v) is 9.55. The van der Waals surface area contributed by atoms with Gasteiger partial charge < -0.3 is 0 Å². The molecule has 0 fully saturated rings. The van der Waals surface area contributed by atoms with Gasteiger partial charge >= 0.3 is 0 Å². The third-order valence-corrected chi connectivity index (χ3v) is 7.32. The number of hydrogen-bond acceptors (Lipinski definition) is 5. The molecule has 0 aliphatic heterocycles. The van der Waals surface area contributed by atoms with Crippen molar-refractivity contribution in [3.63, 3.8) is 0 Å². The maximum absolute atomic E-state index is 12.6. The molecule has 0 aliphatic carbocycles. The van der Waals surface area contributed by atoms with Crippen LogP contribution in [0.1, 0.15) is 9.67 Å². The smallest absolute Gasteiger partial charge is 0.269 e. The Bertz CT molecular complexity index is 1100. The van der Waals surface area contributed by atoms with E-state index in [4.69, 9.17) is 34.8 Å². The van der Waals surface area contributed by atoms with E-state index in [1.807, 2.05) is 29.6 Å². The van der Waals surface area contributed by atoms with Gasteiger partial charge in [-0.1, -0.05) is 53.0 Å². The normalized spacial score (nSPS) is 11.2. The number of anilines is 1. The van der Waals surface area contributed by atoms with Crippen LogP contribution in [0.4, 0.5) is 5.13 Å².